The number of alkyl halides is 3. The lowest BCUT2D eigenvalue weighted by molar-refractivity contribution is -0.192. The third-order valence-electron chi connectivity index (χ3n) is 4.43. The van der Waals surface area contributed by atoms with Gasteiger partial charge in [-0.25, -0.2) is 4.79 Å². The number of fused-ring (bicyclic) bond motifs is 1. The van der Waals surface area contributed by atoms with Gasteiger partial charge < -0.3 is 14.7 Å². The van der Waals surface area contributed by atoms with E-state index in [1.54, 1.807) is 13.1 Å². The Morgan fingerprint density at radius 3 is 2.59 bits per heavy atom. The third kappa shape index (κ3) is 6.47. The van der Waals surface area contributed by atoms with E-state index in [0.717, 1.165) is 39.3 Å². The molecule has 1 aromatic rings. The van der Waals surface area contributed by atoms with Crippen LogP contribution in [0, 0.1) is 5.92 Å². The quantitative estimate of drug-likeness (QED) is 0.823. The molecule has 0 aromatic carbocycles. The Bertz CT molecular complexity index is 642. The number of carboxylic acid groups (broad SMARTS) is 1. The second kappa shape index (κ2) is 9.14. The standard InChI is InChI=1S/C15H21N3O2.C2HF3O2/c1-12(19)18-10-14-9-17(5-6-20-15(14)11-18)8-13-3-2-4-16-7-13;3-2(4,5)1(6)7/h2-4,7,14-15H,5-6,8-11H2,1H3;(H,6,7)/t14-,15+;/m0./s1. The molecular formula is C17H22F3N3O4. The van der Waals surface area contributed by atoms with E-state index in [4.69, 9.17) is 14.6 Å². The number of hydrogen-bond acceptors (Lipinski definition) is 5. The zero-order valence-corrected chi connectivity index (χ0v) is 14.9. The number of nitrogens with zero attached hydrogens (tertiary/aromatic N) is 3. The summed E-state index contributed by atoms with van der Waals surface area (Å²) in [6.07, 6.45) is -1.16. The van der Waals surface area contributed by atoms with Crippen LogP contribution in [-0.4, -0.2) is 76.8 Å². The summed E-state index contributed by atoms with van der Waals surface area (Å²) in [5, 5.41) is 7.12. The largest absolute Gasteiger partial charge is 0.490 e. The van der Waals surface area contributed by atoms with Crippen LogP contribution in [0.1, 0.15) is 12.5 Å². The van der Waals surface area contributed by atoms with Crippen LogP contribution in [0.25, 0.3) is 0 Å². The Labute approximate surface area is 154 Å². The van der Waals surface area contributed by atoms with Crippen molar-refractivity contribution in [2.45, 2.75) is 25.7 Å². The first-order valence-electron chi connectivity index (χ1n) is 8.45. The van der Waals surface area contributed by atoms with E-state index in [-0.39, 0.29) is 12.0 Å². The van der Waals surface area contributed by atoms with Crippen molar-refractivity contribution in [3.8, 4) is 0 Å². The van der Waals surface area contributed by atoms with Crippen molar-refractivity contribution < 1.29 is 32.6 Å². The first-order valence-corrected chi connectivity index (χ1v) is 8.45. The van der Waals surface area contributed by atoms with Crippen LogP contribution in [0.2, 0.25) is 0 Å². The fraction of sp³-hybridized carbons (Fsp3) is 0.588. The third-order valence-corrected chi connectivity index (χ3v) is 4.43. The summed E-state index contributed by atoms with van der Waals surface area (Å²) in [5.41, 5.74) is 1.23. The second-order valence-corrected chi connectivity index (χ2v) is 6.49. The monoisotopic (exact) mass is 389 g/mol. The number of ether oxygens (including phenoxy) is 1. The Kier molecular flexibility index (Phi) is 7.14. The highest BCUT2D eigenvalue weighted by Crippen LogP contribution is 2.24. The number of aliphatic carboxylic acids is 1. The molecule has 0 spiro atoms. The van der Waals surface area contributed by atoms with Gasteiger partial charge in [0.1, 0.15) is 0 Å². The maximum atomic E-state index is 11.5. The van der Waals surface area contributed by atoms with Crippen LogP contribution in [0.5, 0.6) is 0 Å². The van der Waals surface area contributed by atoms with Crippen LogP contribution < -0.4 is 0 Å². The fourth-order valence-corrected chi connectivity index (χ4v) is 3.11. The predicted molar refractivity (Wildman–Crippen MR) is 88.7 cm³/mol. The summed E-state index contributed by atoms with van der Waals surface area (Å²) >= 11 is 0. The molecule has 0 radical (unpaired) electrons. The molecule has 2 fully saturated rings. The van der Waals surface area contributed by atoms with Crippen molar-refractivity contribution in [2.75, 3.05) is 32.8 Å². The lowest BCUT2D eigenvalue weighted by atomic mass is 10.1. The molecule has 0 bridgehead atoms. The number of hydrogen-bond donors (Lipinski definition) is 1. The average molecular weight is 389 g/mol. The summed E-state index contributed by atoms with van der Waals surface area (Å²) in [4.78, 5) is 28.9. The molecule has 1 amide bonds. The molecule has 150 valence electrons. The fourth-order valence-electron chi connectivity index (χ4n) is 3.11. The summed E-state index contributed by atoms with van der Waals surface area (Å²) in [5.74, 6) is -2.17. The SMILES string of the molecule is CC(=O)N1C[C@@H]2CN(Cc3cccnc3)CCO[C@@H]2C1.O=C(O)C(F)(F)F. The van der Waals surface area contributed by atoms with Crippen molar-refractivity contribution in [2.24, 2.45) is 5.92 Å². The molecule has 1 N–H and O–H groups in total. The normalized spacial score (nSPS) is 23.0. The Morgan fingerprint density at radius 1 is 1.33 bits per heavy atom. The van der Waals surface area contributed by atoms with Crippen LogP contribution in [0.3, 0.4) is 0 Å². The minimum atomic E-state index is -5.08. The Morgan fingerprint density at radius 2 is 2.04 bits per heavy atom. The van der Waals surface area contributed by atoms with Gasteiger partial charge in [-0.15, -0.1) is 0 Å². The van der Waals surface area contributed by atoms with Crippen molar-refractivity contribution in [3.63, 3.8) is 0 Å². The van der Waals surface area contributed by atoms with Crippen molar-refractivity contribution >= 4 is 11.9 Å². The number of pyridine rings is 1. The maximum Gasteiger partial charge on any atom is 0.490 e. The second-order valence-electron chi connectivity index (χ2n) is 6.49. The number of likely N-dealkylation sites (tertiary alicyclic amines) is 1. The number of amides is 1. The van der Waals surface area contributed by atoms with E-state index >= 15 is 0 Å². The van der Waals surface area contributed by atoms with Crippen LogP contribution in [0.4, 0.5) is 13.2 Å². The lowest BCUT2D eigenvalue weighted by Gasteiger charge is -2.23. The van der Waals surface area contributed by atoms with Gasteiger partial charge in [-0.1, -0.05) is 6.07 Å². The minimum Gasteiger partial charge on any atom is -0.475 e. The zero-order valence-electron chi connectivity index (χ0n) is 14.9. The van der Waals surface area contributed by atoms with Gasteiger partial charge in [-0.2, -0.15) is 13.2 Å². The maximum absolute atomic E-state index is 11.5. The molecule has 2 aliphatic heterocycles. The Balaban J connectivity index is 0.000000321. The summed E-state index contributed by atoms with van der Waals surface area (Å²) in [6.45, 7) is 6.79. The van der Waals surface area contributed by atoms with Gasteiger partial charge in [0.15, 0.2) is 0 Å². The van der Waals surface area contributed by atoms with Gasteiger partial charge in [0.25, 0.3) is 0 Å². The molecule has 2 aliphatic rings. The van der Waals surface area contributed by atoms with Crippen LogP contribution in [-0.2, 0) is 20.9 Å². The molecule has 0 unspecified atom stereocenters. The van der Waals surface area contributed by atoms with Crippen molar-refractivity contribution in [1.29, 1.82) is 0 Å². The molecule has 2 saturated heterocycles. The first-order chi connectivity index (χ1) is 12.7. The minimum absolute atomic E-state index is 0.153. The smallest absolute Gasteiger partial charge is 0.475 e. The van der Waals surface area contributed by atoms with E-state index in [1.807, 2.05) is 17.2 Å². The van der Waals surface area contributed by atoms with Crippen LogP contribution in [0.15, 0.2) is 24.5 Å². The molecule has 0 aliphatic carbocycles. The molecule has 3 rings (SSSR count). The average Bonchev–Trinajstić information content (AvgIpc) is 2.89. The van der Waals surface area contributed by atoms with E-state index in [1.165, 1.54) is 5.56 Å². The zero-order chi connectivity index (χ0) is 20.0. The van der Waals surface area contributed by atoms with E-state index < -0.39 is 12.1 Å². The number of aromatic nitrogens is 1. The molecule has 2 atom stereocenters. The summed E-state index contributed by atoms with van der Waals surface area (Å²) in [7, 11) is 0. The van der Waals surface area contributed by atoms with Gasteiger partial charge >= 0.3 is 12.1 Å². The predicted octanol–water partition coefficient (Wildman–Crippen LogP) is 1.39. The number of carboxylic acids is 1. The van der Waals surface area contributed by atoms with Gasteiger partial charge in [0, 0.05) is 58.0 Å². The number of halogens is 3. The summed E-state index contributed by atoms with van der Waals surface area (Å²) < 4.78 is 37.7. The lowest BCUT2D eigenvalue weighted by Crippen LogP contribution is -2.33. The molecule has 3 heterocycles. The number of rotatable bonds is 2. The summed E-state index contributed by atoms with van der Waals surface area (Å²) in [6, 6.07) is 4.08. The molecule has 0 saturated carbocycles. The molecule has 10 heteroatoms. The van der Waals surface area contributed by atoms with E-state index in [0.29, 0.717) is 5.92 Å². The van der Waals surface area contributed by atoms with E-state index in [2.05, 4.69) is 16.0 Å². The van der Waals surface area contributed by atoms with Crippen LogP contribution >= 0.6 is 0 Å². The number of carbonyl (C=O) groups excluding carboxylic acids is 1. The molecule has 1 aromatic heterocycles. The highest BCUT2D eigenvalue weighted by atomic mass is 19.4. The first kappa shape index (κ1) is 21.1. The topological polar surface area (TPSA) is 83.0 Å². The van der Waals surface area contributed by atoms with E-state index in [9.17, 15) is 18.0 Å². The Hall–Kier alpha value is -2.20. The van der Waals surface area contributed by atoms with Gasteiger partial charge in [-0.3, -0.25) is 14.7 Å². The van der Waals surface area contributed by atoms with Gasteiger partial charge in [0.05, 0.1) is 12.7 Å². The molecular weight excluding hydrogens is 367 g/mol. The molecule has 27 heavy (non-hydrogen) atoms. The van der Waals surface area contributed by atoms with Gasteiger partial charge in [-0.05, 0) is 11.6 Å². The molecule has 7 nitrogen and oxygen atoms in total. The highest BCUT2D eigenvalue weighted by Gasteiger charge is 2.38. The van der Waals surface area contributed by atoms with Gasteiger partial charge in [0.2, 0.25) is 5.91 Å². The number of carbonyl (C=O) groups is 2. The van der Waals surface area contributed by atoms with Crippen molar-refractivity contribution in [3.05, 3.63) is 30.1 Å². The van der Waals surface area contributed by atoms with Crippen molar-refractivity contribution in [1.82, 2.24) is 14.8 Å². The highest BCUT2D eigenvalue weighted by molar-refractivity contribution is 5.73.